The largest absolute Gasteiger partial charge is 0.475 e. The summed E-state index contributed by atoms with van der Waals surface area (Å²) in [6, 6.07) is 2.85. The van der Waals surface area contributed by atoms with Gasteiger partial charge in [0.15, 0.2) is 5.88 Å². The van der Waals surface area contributed by atoms with Crippen LogP contribution in [0.2, 0.25) is 0 Å². The molecule has 0 aromatic carbocycles. The maximum atomic E-state index is 11.0. The summed E-state index contributed by atoms with van der Waals surface area (Å²) in [5.41, 5.74) is 0. The van der Waals surface area contributed by atoms with E-state index >= 15 is 0 Å². The van der Waals surface area contributed by atoms with Crippen molar-refractivity contribution in [1.82, 2.24) is 5.32 Å². The monoisotopic (exact) mass is 212 g/mol. The number of anilines is 1. The van der Waals surface area contributed by atoms with Crippen LogP contribution in [0.15, 0.2) is 16.5 Å². The van der Waals surface area contributed by atoms with Crippen LogP contribution >= 0.6 is 0 Å². The molecule has 82 valence electrons. The van der Waals surface area contributed by atoms with Gasteiger partial charge >= 0.3 is 5.97 Å². The SMILES string of the molecule is CNC(=O)CN(C)c1ccc(C(=O)O)o1. The molecule has 0 radical (unpaired) electrons. The zero-order chi connectivity index (χ0) is 11.4. The number of rotatable bonds is 4. The zero-order valence-electron chi connectivity index (χ0n) is 8.48. The lowest BCUT2D eigenvalue weighted by Gasteiger charge is -2.13. The Morgan fingerprint density at radius 2 is 2.20 bits per heavy atom. The van der Waals surface area contributed by atoms with Gasteiger partial charge in [-0.2, -0.15) is 0 Å². The Morgan fingerprint density at radius 3 is 2.67 bits per heavy atom. The second-order valence-electron chi connectivity index (χ2n) is 2.97. The van der Waals surface area contributed by atoms with Gasteiger partial charge in [-0.05, 0) is 6.07 Å². The molecule has 1 rings (SSSR count). The number of nitrogens with one attached hydrogen (secondary N) is 1. The summed E-state index contributed by atoms with van der Waals surface area (Å²) in [6.07, 6.45) is 0. The average molecular weight is 212 g/mol. The molecule has 0 unspecified atom stereocenters. The lowest BCUT2D eigenvalue weighted by Crippen LogP contribution is -2.32. The molecule has 1 aromatic heterocycles. The number of furan rings is 1. The normalized spacial score (nSPS) is 9.73. The van der Waals surface area contributed by atoms with E-state index in [0.29, 0.717) is 5.88 Å². The second-order valence-corrected chi connectivity index (χ2v) is 2.97. The van der Waals surface area contributed by atoms with Crippen LogP contribution in [0.4, 0.5) is 5.88 Å². The highest BCUT2D eigenvalue weighted by Gasteiger charge is 2.13. The van der Waals surface area contributed by atoms with Crippen LogP contribution in [-0.4, -0.2) is 37.6 Å². The van der Waals surface area contributed by atoms with Gasteiger partial charge in [0, 0.05) is 20.2 Å². The van der Waals surface area contributed by atoms with Crippen molar-refractivity contribution in [3.05, 3.63) is 17.9 Å². The van der Waals surface area contributed by atoms with Crippen LogP contribution in [-0.2, 0) is 4.79 Å². The molecule has 2 N–H and O–H groups in total. The number of carbonyl (C=O) groups is 2. The first-order chi connectivity index (χ1) is 7.04. The summed E-state index contributed by atoms with van der Waals surface area (Å²) < 4.78 is 5.00. The first kappa shape index (κ1) is 11.1. The third kappa shape index (κ3) is 2.73. The minimum atomic E-state index is -1.13. The molecule has 0 aliphatic carbocycles. The van der Waals surface area contributed by atoms with Crippen molar-refractivity contribution >= 4 is 17.8 Å². The molecule has 0 saturated heterocycles. The van der Waals surface area contributed by atoms with Gasteiger partial charge < -0.3 is 19.7 Å². The van der Waals surface area contributed by atoms with E-state index in [-0.39, 0.29) is 18.2 Å². The molecule has 6 heteroatoms. The molecule has 15 heavy (non-hydrogen) atoms. The predicted octanol–water partition coefficient (Wildman–Crippen LogP) is 0.160. The van der Waals surface area contributed by atoms with Gasteiger partial charge in [0.25, 0.3) is 0 Å². The molecular formula is C9H12N2O4. The van der Waals surface area contributed by atoms with Crippen molar-refractivity contribution in [2.45, 2.75) is 0 Å². The number of likely N-dealkylation sites (N-methyl/N-ethyl adjacent to an activating group) is 2. The summed E-state index contributed by atoms with van der Waals surface area (Å²) in [6.45, 7) is 0.114. The Bertz CT molecular complexity index is 372. The lowest BCUT2D eigenvalue weighted by molar-refractivity contribution is -0.119. The third-order valence-electron chi connectivity index (χ3n) is 1.84. The van der Waals surface area contributed by atoms with E-state index in [0.717, 1.165) is 0 Å². The number of carboxylic acid groups (broad SMARTS) is 1. The van der Waals surface area contributed by atoms with E-state index in [1.54, 1.807) is 7.05 Å². The Morgan fingerprint density at radius 1 is 1.53 bits per heavy atom. The predicted molar refractivity (Wildman–Crippen MR) is 53.0 cm³/mol. The van der Waals surface area contributed by atoms with Crippen molar-refractivity contribution in [3.63, 3.8) is 0 Å². The van der Waals surface area contributed by atoms with Gasteiger partial charge in [-0.1, -0.05) is 0 Å². The summed E-state index contributed by atoms with van der Waals surface area (Å²) in [5, 5.41) is 11.1. The van der Waals surface area contributed by atoms with Gasteiger partial charge in [0.2, 0.25) is 11.7 Å². The first-order valence-electron chi connectivity index (χ1n) is 4.29. The Kier molecular flexibility index (Phi) is 3.33. The van der Waals surface area contributed by atoms with E-state index in [1.165, 1.54) is 24.1 Å². The summed E-state index contributed by atoms with van der Waals surface area (Å²) in [4.78, 5) is 23.1. The maximum Gasteiger partial charge on any atom is 0.371 e. The van der Waals surface area contributed by atoms with E-state index in [9.17, 15) is 9.59 Å². The minimum Gasteiger partial charge on any atom is -0.475 e. The number of carbonyl (C=O) groups excluding carboxylic acids is 1. The fourth-order valence-electron chi connectivity index (χ4n) is 1.02. The van der Waals surface area contributed by atoms with Crippen LogP contribution in [0.5, 0.6) is 0 Å². The average Bonchev–Trinajstić information content (AvgIpc) is 2.66. The Balaban J connectivity index is 2.69. The molecule has 0 fully saturated rings. The highest BCUT2D eigenvalue weighted by molar-refractivity contribution is 5.85. The number of hydrogen-bond acceptors (Lipinski definition) is 4. The van der Waals surface area contributed by atoms with E-state index in [1.807, 2.05) is 0 Å². The van der Waals surface area contributed by atoms with Crippen molar-refractivity contribution in [2.24, 2.45) is 0 Å². The zero-order valence-corrected chi connectivity index (χ0v) is 8.48. The summed E-state index contributed by atoms with van der Waals surface area (Å²) in [7, 11) is 3.17. The van der Waals surface area contributed by atoms with Crippen LogP contribution in [0.1, 0.15) is 10.6 Å². The third-order valence-corrected chi connectivity index (χ3v) is 1.84. The number of amides is 1. The highest BCUT2D eigenvalue weighted by atomic mass is 16.4. The lowest BCUT2D eigenvalue weighted by atomic mass is 10.4. The quantitative estimate of drug-likeness (QED) is 0.742. The van der Waals surface area contributed by atoms with Crippen LogP contribution < -0.4 is 10.2 Å². The molecule has 0 spiro atoms. The fourth-order valence-corrected chi connectivity index (χ4v) is 1.02. The first-order valence-corrected chi connectivity index (χ1v) is 4.29. The molecule has 1 aromatic rings. The molecule has 0 aliphatic heterocycles. The van der Waals surface area contributed by atoms with Crippen LogP contribution in [0.25, 0.3) is 0 Å². The minimum absolute atomic E-state index is 0.114. The van der Waals surface area contributed by atoms with Crippen molar-refractivity contribution in [3.8, 4) is 0 Å². The van der Waals surface area contributed by atoms with Gasteiger partial charge in [0.1, 0.15) is 0 Å². The Hall–Kier alpha value is -1.98. The molecule has 1 amide bonds. The number of aromatic carboxylic acids is 1. The van der Waals surface area contributed by atoms with Crippen LogP contribution in [0, 0.1) is 0 Å². The summed E-state index contributed by atoms with van der Waals surface area (Å²) in [5.74, 6) is -1.11. The van der Waals surface area contributed by atoms with Crippen molar-refractivity contribution < 1.29 is 19.1 Å². The molecule has 6 nitrogen and oxygen atoms in total. The molecule has 0 aliphatic rings. The van der Waals surface area contributed by atoms with Gasteiger partial charge in [-0.15, -0.1) is 0 Å². The molecule has 0 bridgehead atoms. The van der Waals surface area contributed by atoms with Crippen LogP contribution in [0.3, 0.4) is 0 Å². The molecule has 0 saturated carbocycles. The topological polar surface area (TPSA) is 82.8 Å². The Labute approximate surface area is 86.5 Å². The van der Waals surface area contributed by atoms with Gasteiger partial charge in [-0.25, -0.2) is 4.79 Å². The summed E-state index contributed by atoms with van der Waals surface area (Å²) >= 11 is 0. The van der Waals surface area contributed by atoms with Gasteiger partial charge in [-0.3, -0.25) is 4.79 Å². The van der Waals surface area contributed by atoms with Crippen molar-refractivity contribution in [2.75, 3.05) is 25.5 Å². The van der Waals surface area contributed by atoms with E-state index in [4.69, 9.17) is 9.52 Å². The fraction of sp³-hybridized carbons (Fsp3) is 0.333. The molecule has 1 heterocycles. The van der Waals surface area contributed by atoms with E-state index in [2.05, 4.69) is 5.32 Å². The highest BCUT2D eigenvalue weighted by Crippen LogP contribution is 2.16. The number of carboxylic acids is 1. The standard InChI is InChI=1S/C9H12N2O4/c1-10-7(12)5-11(2)8-4-3-6(15-8)9(13)14/h3-4H,5H2,1-2H3,(H,10,12)(H,13,14). The maximum absolute atomic E-state index is 11.0. The molecular weight excluding hydrogens is 200 g/mol. The smallest absolute Gasteiger partial charge is 0.371 e. The van der Waals surface area contributed by atoms with Crippen molar-refractivity contribution in [1.29, 1.82) is 0 Å². The molecule has 0 atom stereocenters. The number of nitrogens with zero attached hydrogens (tertiary/aromatic N) is 1. The van der Waals surface area contributed by atoms with E-state index < -0.39 is 5.97 Å². The van der Waals surface area contributed by atoms with Gasteiger partial charge in [0.05, 0.1) is 6.54 Å². The number of hydrogen-bond donors (Lipinski definition) is 2. The second kappa shape index (κ2) is 4.50.